The molecule has 0 aromatic rings. The number of likely N-dealkylation sites (N-methyl/N-ethyl adjacent to an activating group) is 1. The molecule has 1 aliphatic heterocycles. The van der Waals surface area contributed by atoms with Gasteiger partial charge in [0.15, 0.2) is 0 Å². The Morgan fingerprint density at radius 2 is 2.00 bits per heavy atom. The number of rotatable bonds is 5. The Bertz CT molecular complexity index is 231. The predicted molar refractivity (Wildman–Crippen MR) is 64.6 cm³/mol. The Morgan fingerprint density at radius 3 is 2.44 bits per heavy atom. The summed E-state index contributed by atoms with van der Waals surface area (Å²) in [6, 6.07) is -0.407. The van der Waals surface area contributed by atoms with Crippen molar-refractivity contribution < 1.29 is 9.90 Å². The molecule has 4 nitrogen and oxygen atoms in total. The minimum atomic E-state index is -0.750. The van der Waals surface area contributed by atoms with E-state index in [1.807, 2.05) is 0 Å². The summed E-state index contributed by atoms with van der Waals surface area (Å²) in [4.78, 5) is 13.2. The van der Waals surface area contributed by atoms with Crippen LogP contribution in [0.2, 0.25) is 0 Å². The van der Waals surface area contributed by atoms with Crippen LogP contribution in [0.4, 0.5) is 0 Å². The lowest BCUT2D eigenvalue weighted by molar-refractivity contribution is -0.139. The van der Waals surface area contributed by atoms with E-state index in [1.165, 1.54) is 12.8 Å². The lowest BCUT2D eigenvalue weighted by atomic mass is 9.82. The van der Waals surface area contributed by atoms with Gasteiger partial charge in [0.05, 0.1) is 0 Å². The molecule has 0 bridgehead atoms. The third kappa shape index (κ3) is 4.10. The van der Waals surface area contributed by atoms with Gasteiger partial charge >= 0.3 is 5.97 Å². The smallest absolute Gasteiger partial charge is 0.320 e. The van der Waals surface area contributed by atoms with Crippen molar-refractivity contribution in [3.8, 4) is 0 Å². The molecule has 0 aliphatic carbocycles. The summed E-state index contributed by atoms with van der Waals surface area (Å²) in [6.45, 7) is 7.69. The first-order valence-corrected chi connectivity index (χ1v) is 6.07. The van der Waals surface area contributed by atoms with E-state index in [4.69, 9.17) is 5.11 Å². The standard InChI is InChI=1S/C12H24N2O2/c1-12(2)5-8-14(9-6-12)7-4-10(13-3)11(15)16/h10,13H,4-9H2,1-3H3,(H,15,16). The third-order valence-electron chi connectivity index (χ3n) is 3.59. The van der Waals surface area contributed by atoms with Gasteiger partial charge in [0.25, 0.3) is 0 Å². The van der Waals surface area contributed by atoms with Crippen molar-refractivity contribution in [3.05, 3.63) is 0 Å². The Kier molecular flexibility index (Phi) is 4.74. The fraction of sp³-hybridized carbons (Fsp3) is 0.917. The maximum absolute atomic E-state index is 10.8. The molecular formula is C12H24N2O2. The van der Waals surface area contributed by atoms with Gasteiger partial charge in [0, 0.05) is 6.54 Å². The average Bonchev–Trinajstić information content (AvgIpc) is 2.20. The van der Waals surface area contributed by atoms with Crippen LogP contribution in [0.5, 0.6) is 0 Å². The van der Waals surface area contributed by atoms with Gasteiger partial charge in [-0.25, -0.2) is 0 Å². The van der Waals surface area contributed by atoms with Gasteiger partial charge in [-0.1, -0.05) is 13.8 Å². The highest BCUT2D eigenvalue weighted by molar-refractivity contribution is 5.73. The molecule has 1 unspecified atom stereocenters. The van der Waals surface area contributed by atoms with E-state index in [2.05, 4.69) is 24.1 Å². The number of nitrogens with zero attached hydrogens (tertiary/aromatic N) is 1. The maximum Gasteiger partial charge on any atom is 0.320 e. The van der Waals surface area contributed by atoms with Crippen LogP contribution in [0.3, 0.4) is 0 Å². The molecule has 94 valence electrons. The predicted octanol–water partition coefficient (Wildman–Crippen LogP) is 1.17. The SMILES string of the molecule is CNC(CCN1CCC(C)(C)CC1)C(=O)O. The lowest BCUT2D eigenvalue weighted by Crippen LogP contribution is -2.42. The third-order valence-corrected chi connectivity index (χ3v) is 3.59. The molecule has 1 saturated heterocycles. The molecule has 0 aromatic carbocycles. The zero-order valence-electron chi connectivity index (χ0n) is 10.6. The minimum Gasteiger partial charge on any atom is -0.480 e. The Labute approximate surface area is 98.0 Å². The molecule has 1 rings (SSSR count). The number of hydrogen-bond donors (Lipinski definition) is 2. The number of nitrogens with one attached hydrogen (secondary N) is 1. The highest BCUT2D eigenvalue weighted by Gasteiger charge is 2.26. The van der Waals surface area contributed by atoms with Crippen LogP contribution in [0.15, 0.2) is 0 Å². The molecule has 0 spiro atoms. The normalized spacial score (nSPS) is 22.9. The summed E-state index contributed by atoms with van der Waals surface area (Å²) in [6.07, 6.45) is 3.11. The fourth-order valence-electron chi connectivity index (χ4n) is 2.08. The highest BCUT2D eigenvalue weighted by atomic mass is 16.4. The molecule has 0 aromatic heterocycles. The lowest BCUT2D eigenvalue weighted by Gasteiger charge is -2.37. The molecule has 1 fully saturated rings. The van der Waals surface area contributed by atoms with E-state index in [0.717, 1.165) is 19.6 Å². The summed E-state index contributed by atoms with van der Waals surface area (Å²) >= 11 is 0. The summed E-state index contributed by atoms with van der Waals surface area (Å²) in [5.74, 6) is -0.750. The number of carboxylic acid groups (broad SMARTS) is 1. The first-order chi connectivity index (χ1) is 7.44. The van der Waals surface area contributed by atoms with Gasteiger partial charge in [-0.05, 0) is 44.8 Å². The van der Waals surface area contributed by atoms with Crippen molar-refractivity contribution in [2.24, 2.45) is 5.41 Å². The van der Waals surface area contributed by atoms with E-state index in [-0.39, 0.29) is 0 Å². The van der Waals surface area contributed by atoms with Gasteiger partial charge in [-0.2, -0.15) is 0 Å². The number of piperidine rings is 1. The van der Waals surface area contributed by atoms with E-state index >= 15 is 0 Å². The monoisotopic (exact) mass is 228 g/mol. The van der Waals surface area contributed by atoms with Crippen LogP contribution >= 0.6 is 0 Å². The van der Waals surface area contributed by atoms with Crippen LogP contribution in [-0.4, -0.2) is 48.7 Å². The second-order valence-corrected chi connectivity index (χ2v) is 5.47. The summed E-state index contributed by atoms with van der Waals surface area (Å²) in [7, 11) is 1.71. The molecular weight excluding hydrogens is 204 g/mol. The van der Waals surface area contributed by atoms with Crippen molar-refractivity contribution in [2.75, 3.05) is 26.7 Å². The number of aliphatic carboxylic acids is 1. The number of likely N-dealkylation sites (tertiary alicyclic amines) is 1. The van der Waals surface area contributed by atoms with Crippen molar-refractivity contribution in [2.45, 2.75) is 39.2 Å². The first kappa shape index (κ1) is 13.5. The quantitative estimate of drug-likeness (QED) is 0.741. The van der Waals surface area contributed by atoms with Gasteiger partial charge in [0.1, 0.15) is 6.04 Å². The Hall–Kier alpha value is -0.610. The van der Waals surface area contributed by atoms with Crippen LogP contribution in [0, 0.1) is 5.41 Å². The van der Waals surface area contributed by atoms with Gasteiger partial charge in [0.2, 0.25) is 0 Å². The van der Waals surface area contributed by atoms with E-state index in [9.17, 15) is 4.79 Å². The molecule has 1 aliphatic rings. The molecule has 1 atom stereocenters. The van der Waals surface area contributed by atoms with Gasteiger partial charge < -0.3 is 15.3 Å². The molecule has 2 N–H and O–H groups in total. The summed E-state index contributed by atoms with van der Waals surface area (Å²) in [5.41, 5.74) is 0.464. The molecule has 4 heteroatoms. The number of carboxylic acids is 1. The van der Waals surface area contributed by atoms with Crippen LogP contribution in [0.25, 0.3) is 0 Å². The molecule has 1 heterocycles. The highest BCUT2D eigenvalue weighted by Crippen LogP contribution is 2.29. The Balaban J connectivity index is 2.26. The van der Waals surface area contributed by atoms with Crippen molar-refractivity contribution in [1.29, 1.82) is 0 Å². The van der Waals surface area contributed by atoms with Crippen LogP contribution < -0.4 is 5.32 Å². The van der Waals surface area contributed by atoms with Crippen molar-refractivity contribution in [1.82, 2.24) is 10.2 Å². The van der Waals surface area contributed by atoms with Crippen molar-refractivity contribution in [3.63, 3.8) is 0 Å². The fourth-order valence-corrected chi connectivity index (χ4v) is 2.08. The first-order valence-electron chi connectivity index (χ1n) is 6.07. The summed E-state index contributed by atoms with van der Waals surface area (Å²) < 4.78 is 0. The zero-order valence-corrected chi connectivity index (χ0v) is 10.6. The molecule has 0 radical (unpaired) electrons. The zero-order chi connectivity index (χ0) is 12.2. The van der Waals surface area contributed by atoms with E-state index in [0.29, 0.717) is 11.8 Å². The average molecular weight is 228 g/mol. The Morgan fingerprint density at radius 1 is 1.44 bits per heavy atom. The number of hydrogen-bond acceptors (Lipinski definition) is 3. The second-order valence-electron chi connectivity index (χ2n) is 5.47. The summed E-state index contributed by atoms with van der Waals surface area (Å²) in [5, 5.41) is 11.7. The van der Waals surface area contributed by atoms with E-state index < -0.39 is 12.0 Å². The minimum absolute atomic E-state index is 0.407. The second kappa shape index (κ2) is 5.64. The largest absolute Gasteiger partial charge is 0.480 e. The topological polar surface area (TPSA) is 52.6 Å². The van der Waals surface area contributed by atoms with Crippen LogP contribution in [0.1, 0.15) is 33.1 Å². The van der Waals surface area contributed by atoms with Crippen LogP contribution in [-0.2, 0) is 4.79 Å². The van der Waals surface area contributed by atoms with E-state index in [1.54, 1.807) is 7.05 Å². The number of carbonyl (C=O) groups is 1. The van der Waals surface area contributed by atoms with Gasteiger partial charge in [-0.3, -0.25) is 4.79 Å². The molecule has 0 saturated carbocycles. The maximum atomic E-state index is 10.8. The van der Waals surface area contributed by atoms with Crippen molar-refractivity contribution >= 4 is 5.97 Å². The molecule has 16 heavy (non-hydrogen) atoms. The van der Waals surface area contributed by atoms with Gasteiger partial charge in [-0.15, -0.1) is 0 Å². The molecule has 0 amide bonds.